The van der Waals surface area contributed by atoms with Crippen molar-refractivity contribution in [2.75, 3.05) is 31.2 Å². The number of carbonyl (C=O) groups is 1. The molecule has 1 aromatic carbocycles. The largest absolute Gasteiger partial charge is 0.382 e. The van der Waals surface area contributed by atoms with Crippen molar-refractivity contribution < 1.29 is 17.9 Å². The minimum Gasteiger partial charge on any atom is -0.382 e. The molecule has 2 rings (SSSR count). The van der Waals surface area contributed by atoms with Crippen LogP contribution in [0.15, 0.2) is 21.5 Å². The van der Waals surface area contributed by atoms with E-state index in [1.54, 1.807) is 17.9 Å². The molecule has 0 atom stereocenters. The van der Waals surface area contributed by atoms with Crippen molar-refractivity contribution in [1.29, 1.82) is 0 Å². The maximum absolute atomic E-state index is 12.7. The Morgan fingerprint density at radius 1 is 1.38 bits per heavy atom. The molecule has 1 amide bonds. The topological polar surface area (TPSA) is 75.7 Å². The molecular formula is C16H23BrN2O4S. The zero-order valence-electron chi connectivity index (χ0n) is 14.0. The van der Waals surface area contributed by atoms with E-state index in [0.29, 0.717) is 55.7 Å². The van der Waals surface area contributed by atoms with E-state index in [-0.39, 0.29) is 10.8 Å². The maximum atomic E-state index is 12.7. The quantitative estimate of drug-likeness (QED) is 0.657. The van der Waals surface area contributed by atoms with Crippen LogP contribution in [0.25, 0.3) is 0 Å². The molecule has 1 heterocycles. The summed E-state index contributed by atoms with van der Waals surface area (Å²) in [5.41, 5.74) is 1.39. The lowest BCUT2D eigenvalue weighted by Gasteiger charge is -2.20. The van der Waals surface area contributed by atoms with Gasteiger partial charge in [-0.05, 0) is 37.5 Å². The summed E-state index contributed by atoms with van der Waals surface area (Å²) >= 11 is 3.37. The first kappa shape index (κ1) is 19.4. The molecule has 0 aromatic heterocycles. The van der Waals surface area contributed by atoms with Gasteiger partial charge in [0.2, 0.25) is 15.9 Å². The predicted octanol–water partition coefficient (Wildman–Crippen LogP) is 2.45. The molecule has 6 nitrogen and oxygen atoms in total. The van der Waals surface area contributed by atoms with Crippen LogP contribution < -0.4 is 9.62 Å². The van der Waals surface area contributed by atoms with E-state index < -0.39 is 10.0 Å². The van der Waals surface area contributed by atoms with Gasteiger partial charge in [0.1, 0.15) is 4.90 Å². The fraction of sp³-hybridized carbons (Fsp3) is 0.562. The van der Waals surface area contributed by atoms with Crippen LogP contribution in [0.4, 0.5) is 5.69 Å². The van der Waals surface area contributed by atoms with Crippen molar-refractivity contribution in [3.05, 3.63) is 22.2 Å². The second kappa shape index (κ2) is 8.42. The highest BCUT2D eigenvalue weighted by Crippen LogP contribution is 2.37. The van der Waals surface area contributed by atoms with Crippen LogP contribution in [0.3, 0.4) is 0 Å². The molecule has 24 heavy (non-hydrogen) atoms. The number of rotatable bonds is 8. The predicted molar refractivity (Wildman–Crippen MR) is 96.8 cm³/mol. The van der Waals surface area contributed by atoms with E-state index in [9.17, 15) is 13.2 Å². The molecular weight excluding hydrogens is 396 g/mol. The van der Waals surface area contributed by atoms with Gasteiger partial charge in [0, 0.05) is 37.2 Å². The van der Waals surface area contributed by atoms with Crippen molar-refractivity contribution in [3.63, 3.8) is 0 Å². The van der Waals surface area contributed by atoms with Crippen LogP contribution in [0.1, 0.15) is 32.3 Å². The van der Waals surface area contributed by atoms with Crippen molar-refractivity contribution in [3.8, 4) is 0 Å². The summed E-state index contributed by atoms with van der Waals surface area (Å²) in [6, 6.07) is 3.44. The number of hydrogen-bond acceptors (Lipinski definition) is 4. The zero-order valence-corrected chi connectivity index (χ0v) is 16.4. The monoisotopic (exact) mass is 418 g/mol. The molecule has 0 aliphatic carbocycles. The zero-order chi connectivity index (χ0) is 17.7. The number of halogens is 1. The number of fused-ring (bicyclic) bond motifs is 1. The Hall–Kier alpha value is -0.960. The first-order valence-electron chi connectivity index (χ1n) is 8.11. The summed E-state index contributed by atoms with van der Waals surface area (Å²) < 4.78 is 34.0. The summed E-state index contributed by atoms with van der Waals surface area (Å²) in [4.78, 5) is 13.9. The first-order chi connectivity index (χ1) is 11.4. The highest BCUT2D eigenvalue weighted by atomic mass is 79.9. The summed E-state index contributed by atoms with van der Waals surface area (Å²) in [6.45, 7) is 5.61. The minimum atomic E-state index is -3.70. The van der Waals surface area contributed by atoms with E-state index in [4.69, 9.17) is 4.74 Å². The molecule has 0 bridgehead atoms. The Labute approximate surface area is 151 Å². The second-order valence-electron chi connectivity index (χ2n) is 5.51. The molecule has 1 N–H and O–H groups in total. The van der Waals surface area contributed by atoms with Gasteiger partial charge >= 0.3 is 0 Å². The van der Waals surface area contributed by atoms with E-state index in [1.807, 2.05) is 13.0 Å². The lowest BCUT2D eigenvalue weighted by atomic mass is 10.2. The number of hydrogen-bond donors (Lipinski definition) is 1. The lowest BCUT2D eigenvalue weighted by Crippen LogP contribution is -2.31. The number of sulfonamides is 1. The third kappa shape index (κ3) is 4.36. The first-order valence-corrected chi connectivity index (χ1v) is 10.4. The lowest BCUT2D eigenvalue weighted by molar-refractivity contribution is -0.118. The van der Waals surface area contributed by atoms with Crippen molar-refractivity contribution in [2.24, 2.45) is 0 Å². The standard InChI is InChI=1S/C16H23BrN2O4S/c1-3-15(20)19-8-6-12-10-13(17)11-14(16(12)19)24(21,22)18-7-5-9-23-4-2/h10-11,18H,3-9H2,1-2H3. The van der Waals surface area contributed by atoms with Gasteiger partial charge < -0.3 is 9.64 Å². The van der Waals surface area contributed by atoms with Gasteiger partial charge in [0.15, 0.2) is 0 Å². The molecule has 0 unspecified atom stereocenters. The Balaban J connectivity index is 2.28. The fourth-order valence-electron chi connectivity index (χ4n) is 2.72. The van der Waals surface area contributed by atoms with Crippen molar-refractivity contribution in [2.45, 2.75) is 38.0 Å². The summed E-state index contributed by atoms with van der Waals surface area (Å²) in [5.74, 6) is -0.0659. The van der Waals surface area contributed by atoms with E-state index >= 15 is 0 Å². The number of amides is 1. The fourth-order valence-corrected chi connectivity index (χ4v) is 4.72. The number of ether oxygens (including phenoxy) is 1. The van der Waals surface area contributed by atoms with Gasteiger partial charge in [-0.25, -0.2) is 13.1 Å². The third-order valence-corrected chi connectivity index (χ3v) is 5.78. The van der Waals surface area contributed by atoms with Crippen LogP contribution in [0, 0.1) is 0 Å². The summed E-state index contributed by atoms with van der Waals surface area (Å²) in [6.07, 6.45) is 1.60. The molecule has 1 aliphatic rings. The van der Waals surface area contributed by atoms with Crippen LogP contribution >= 0.6 is 15.9 Å². The Morgan fingerprint density at radius 3 is 2.79 bits per heavy atom. The normalized spacial score (nSPS) is 14.0. The summed E-state index contributed by atoms with van der Waals surface area (Å²) in [5, 5.41) is 0. The van der Waals surface area contributed by atoms with Gasteiger partial charge in [-0.15, -0.1) is 0 Å². The molecule has 0 saturated carbocycles. The molecule has 1 aromatic rings. The third-order valence-electron chi connectivity index (χ3n) is 3.85. The average molecular weight is 419 g/mol. The molecule has 0 fully saturated rings. The van der Waals surface area contributed by atoms with Crippen LogP contribution in [0.2, 0.25) is 0 Å². The maximum Gasteiger partial charge on any atom is 0.242 e. The van der Waals surface area contributed by atoms with Crippen LogP contribution in [-0.2, 0) is 26.0 Å². The SMILES string of the molecule is CCOCCCNS(=O)(=O)c1cc(Br)cc2c1N(C(=O)CC)CC2. The van der Waals surface area contributed by atoms with Gasteiger partial charge in [-0.2, -0.15) is 0 Å². The number of nitrogens with one attached hydrogen (secondary N) is 1. The number of benzene rings is 1. The van der Waals surface area contributed by atoms with Gasteiger partial charge in [0.25, 0.3) is 0 Å². The van der Waals surface area contributed by atoms with E-state index in [2.05, 4.69) is 20.7 Å². The molecule has 0 spiro atoms. The molecule has 8 heteroatoms. The highest BCUT2D eigenvalue weighted by Gasteiger charge is 2.31. The second-order valence-corrected chi connectivity index (χ2v) is 8.16. The van der Waals surface area contributed by atoms with Crippen molar-refractivity contribution in [1.82, 2.24) is 4.72 Å². The molecule has 134 valence electrons. The number of carbonyl (C=O) groups excluding carboxylic acids is 1. The van der Waals surface area contributed by atoms with Gasteiger partial charge in [-0.1, -0.05) is 22.9 Å². The van der Waals surface area contributed by atoms with E-state index in [0.717, 1.165) is 5.56 Å². The Kier molecular flexibility index (Phi) is 6.79. The Morgan fingerprint density at radius 2 is 2.12 bits per heavy atom. The summed E-state index contributed by atoms with van der Waals surface area (Å²) in [7, 11) is -3.70. The number of anilines is 1. The molecule has 1 aliphatic heterocycles. The number of nitrogens with zero attached hydrogens (tertiary/aromatic N) is 1. The minimum absolute atomic E-state index is 0.0659. The van der Waals surface area contributed by atoms with E-state index in [1.165, 1.54) is 0 Å². The molecule has 0 saturated heterocycles. The Bertz CT molecular complexity index is 706. The van der Waals surface area contributed by atoms with Crippen LogP contribution in [0.5, 0.6) is 0 Å². The average Bonchev–Trinajstić information content (AvgIpc) is 2.96. The highest BCUT2D eigenvalue weighted by molar-refractivity contribution is 9.10. The van der Waals surface area contributed by atoms with Crippen LogP contribution in [-0.4, -0.2) is 40.6 Å². The molecule has 0 radical (unpaired) electrons. The smallest absolute Gasteiger partial charge is 0.242 e. The van der Waals surface area contributed by atoms with Gasteiger partial charge in [0.05, 0.1) is 5.69 Å². The van der Waals surface area contributed by atoms with Crippen molar-refractivity contribution >= 4 is 37.5 Å². The van der Waals surface area contributed by atoms with Gasteiger partial charge in [-0.3, -0.25) is 4.79 Å².